The summed E-state index contributed by atoms with van der Waals surface area (Å²) in [6, 6.07) is 0.917. The number of hydrogen-bond donors (Lipinski definition) is 0. The molecule has 2 nitrogen and oxygen atoms in total. The minimum absolute atomic E-state index is 0.917. The van der Waals surface area contributed by atoms with Crippen LogP contribution in [0.4, 0.5) is 0 Å². The quantitative estimate of drug-likeness (QED) is 0.631. The van der Waals surface area contributed by atoms with E-state index in [0.29, 0.717) is 0 Å². The molecule has 2 aliphatic rings. The zero-order valence-electron chi connectivity index (χ0n) is 9.71. The summed E-state index contributed by atoms with van der Waals surface area (Å²) in [7, 11) is 2.24. The van der Waals surface area contributed by atoms with Crippen LogP contribution in [0.1, 0.15) is 32.6 Å². The SMILES string of the molecule is CC1CCC(N2CCN(C)CC2)CC1. The summed E-state index contributed by atoms with van der Waals surface area (Å²) >= 11 is 0. The predicted octanol–water partition coefficient (Wildman–Crippen LogP) is 1.81. The molecule has 1 heterocycles. The Morgan fingerprint density at radius 3 is 2.00 bits per heavy atom. The van der Waals surface area contributed by atoms with Gasteiger partial charge in [-0.2, -0.15) is 0 Å². The molecule has 14 heavy (non-hydrogen) atoms. The fourth-order valence-electron chi connectivity index (χ4n) is 2.79. The highest BCUT2D eigenvalue weighted by Crippen LogP contribution is 2.27. The Labute approximate surface area is 88.3 Å². The molecule has 0 aromatic rings. The van der Waals surface area contributed by atoms with Crippen molar-refractivity contribution in [3.05, 3.63) is 0 Å². The van der Waals surface area contributed by atoms with Crippen molar-refractivity contribution in [1.29, 1.82) is 0 Å². The van der Waals surface area contributed by atoms with Gasteiger partial charge in [-0.3, -0.25) is 4.90 Å². The average molecular weight is 196 g/mol. The smallest absolute Gasteiger partial charge is 0.0113 e. The molecule has 1 aliphatic carbocycles. The minimum Gasteiger partial charge on any atom is -0.304 e. The molecule has 0 spiro atoms. The van der Waals surface area contributed by atoms with E-state index in [1.54, 1.807) is 0 Å². The number of rotatable bonds is 1. The Morgan fingerprint density at radius 2 is 1.43 bits per heavy atom. The fraction of sp³-hybridized carbons (Fsp3) is 1.00. The topological polar surface area (TPSA) is 6.48 Å². The van der Waals surface area contributed by atoms with E-state index in [9.17, 15) is 0 Å². The molecule has 1 saturated heterocycles. The van der Waals surface area contributed by atoms with Crippen LogP contribution in [0.2, 0.25) is 0 Å². The molecule has 0 aromatic heterocycles. The summed E-state index contributed by atoms with van der Waals surface area (Å²) < 4.78 is 0. The van der Waals surface area contributed by atoms with Crippen LogP contribution in [0, 0.1) is 5.92 Å². The highest BCUT2D eigenvalue weighted by atomic mass is 15.3. The van der Waals surface area contributed by atoms with E-state index in [-0.39, 0.29) is 0 Å². The van der Waals surface area contributed by atoms with Crippen LogP contribution in [-0.4, -0.2) is 49.1 Å². The van der Waals surface area contributed by atoms with Gasteiger partial charge >= 0.3 is 0 Å². The van der Waals surface area contributed by atoms with E-state index in [4.69, 9.17) is 0 Å². The molecule has 2 fully saturated rings. The van der Waals surface area contributed by atoms with Crippen molar-refractivity contribution in [1.82, 2.24) is 9.80 Å². The number of nitrogens with zero attached hydrogens (tertiary/aromatic N) is 2. The largest absolute Gasteiger partial charge is 0.304 e. The van der Waals surface area contributed by atoms with Crippen LogP contribution in [0.25, 0.3) is 0 Å². The highest BCUT2D eigenvalue weighted by Gasteiger charge is 2.25. The average Bonchev–Trinajstić information content (AvgIpc) is 2.21. The molecule has 0 radical (unpaired) electrons. The second-order valence-corrected chi connectivity index (χ2v) is 5.25. The summed E-state index contributed by atoms with van der Waals surface area (Å²) in [6.07, 6.45) is 5.81. The van der Waals surface area contributed by atoms with Gasteiger partial charge in [0.25, 0.3) is 0 Å². The van der Waals surface area contributed by atoms with Gasteiger partial charge in [0.15, 0.2) is 0 Å². The van der Waals surface area contributed by atoms with Crippen LogP contribution in [0.15, 0.2) is 0 Å². The van der Waals surface area contributed by atoms with Crippen molar-refractivity contribution in [2.45, 2.75) is 38.6 Å². The maximum absolute atomic E-state index is 2.73. The summed E-state index contributed by atoms with van der Waals surface area (Å²) in [5.74, 6) is 0.985. The number of likely N-dealkylation sites (N-methyl/N-ethyl adjacent to an activating group) is 1. The van der Waals surface area contributed by atoms with Gasteiger partial charge in [0, 0.05) is 32.2 Å². The molecule has 0 aromatic carbocycles. The molecule has 1 saturated carbocycles. The molecule has 82 valence electrons. The third kappa shape index (κ3) is 2.48. The summed E-state index contributed by atoms with van der Waals surface area (Å²) in [4.78, 5) is 5.17. The molecular formula is C12H24N2. The highest BCUT2D eigenvalue weighted by molar-refractivity contribution is 4.81. The molecule has 2 rings (SSSR count). The minimum atomic E-state index is 0.917. The van der Waals surface area contributed by atoms with Crippen molar-refractivity contribution in [3.8, 4) is 0 Å². The number of piperazine rings is 1. The lowest BCUT2D eigenvalue weighted by molar-refractivity contribution is 0.0832. The van der Waals surface area contributed by atoms with E-state index in [0.717, 1.165) is 12.0 Å². The van der Waals surface area contributed by atoms with Crippen molar-refractivity contribution >= 4 is 0 Å². The predicted molar refractivity (Wildman–Crippen MR) is 60.5 cm³/mol. The first-order valence-electron chi connectivity index (χ1n) is 6.18. The van der Waals surface area contributed by atoms with E-state index >= 15 is 0 Å². The van der Waals surface area contributed by atoms with Crippen LogP contribution in [-0.2, 0) is 0 Å². The molecule has 0 atom stereocenters. The molecular weight excluding hydrogens is 172 g/mol. The van der Waals surface area contributed by atoms with Crippen molar-refractivity contribution in [2.24, 2.45) is 5.92 Å². The molecule has 1 aliphatic heterocycles. The Balaban J connectivity index is 1.78. The van der Waals surface area contributed by atoms with Crippen LogP contribution >= 0.6 is 0 Å². The van der Waals surface area contributed by atoms with Gasteiger partial charge in [0.2, 0.25) is 0 Å². The lowest BCUT2D eigenvalue weighted by atomic mass is 9.86. The van der Waals surface area contributed by atoms with Gasteiger partial charge in [0.1, 0.15) is 0 Å². The summed E-state index contributed by atoms with van der Waals surface area (Å²) in [5, 5.41) is 0. The van der Waals surface area contributed by atoms with Crippen molar-refractivity contribution < 1.29 is 0 Å². The molecule has 0 amide bonds. The fourth-order valence-corrected chi connectivity index (χ4v) is 2.79. The Bertz CT molecular complexity index is 145. The molecule has 0 bridgehead atoms. The van der Waals surface area contributed by atoms with Crippen molar-refractivity contribution in [3.63, 3.8) is 0 Å². The van der Waals surface area contributed by atoms with Crippen LogP contribution in [0.5, 0.6) is 0 Å². The summed E-state index contributed by atoms with van der Waals surface area (Å²) in [5.41, 5.74) is 0. The molecule has 0 N–H and O–H groups in total. The van der Waals surface area contributed by atoms with E-state index < -0.39 is 0 Å². The van der Waals surface area contributed by atoms with Gasteiger partial charge in [0.05, 0.1) is 0 Å². The van der Waals surface area contributed by atoms with Gasteiger partial charge in [-0.25, -0.2) is 0 Å². The third-order valence-corrected chi connectivity index (χ3v) is 4.04. The Hall–Kier alpha value is -0.0800. The number of hydrogen-bond acceptors (Lipinski definition) is 2. The molecule has 2 heteroatoms. The first-order valence-corrected chi connectivity index (χ1v) is 6.18. The van der Waals surface area contributed by atoms with Gasteiger partial charge in [-0.1, -0.05) is 6.92 Å². The Kier molecular flexibility index (Phi) is 3.45. The van der Waals surface area contributed by atoms with Crippen molar-refractivity contribution in [2.75, 3.05) is 33.2 Å². The first kappa shape index (κ1) is 10.4. The van der Waals surface area contributed by atoms with E-state index in [1.165, 1.54) is 51.9 Å². The lowest BCUT2D eigenvalue weighted by Gasteiger charge is -2.40. The zero-order chi connectivity index (χ0) is 9.97. The van der Waals surface area contributed by atoms with Crippen LogP contribution < -0.4 is 0 Å². The normalized spacial score (nSPS) is 37.3. The van der Waals surface area contributed by atoms with E-state index in [1.807, 2.05) is 0 Å². The second-order valence-electron chi connectivity index (χ2n) is 5.25. The van der Waals surface area contributed by atoms with Gasteiger partial charge in [-0.05, 0) is 38.6 Å². The monoisotopic (exact) mass is 196 g/mol. The zero-order valence-corrected chi connectivity index (χ0v) is 9.71. The second kappa shape index (κ2) is 4.63. The standard InChI is InChI=1S/C12H24N2/c1-11-3-5-12(6-4-11)14-9-7-13(2)8-10-14/h11-12H,3-10H2,1-2H3. The summed E-state index contributed by atoms with van der Waals surface area (Å²) in [6.45, 7) is 7.55. The first-order chi connectivity index (χ1) is 6.75. The lowest BCUT2D eigenvalue weighted by Crippen LogP contribution is -2.49. The van der Waals surface area contributed by atoms with E-state index in [2.05, 4.69) is 23.8 Å². The maximum atomic E-state index is 2.73. The van der Waals surface area contributed by atoms with Gasteiger partial charge < -0.3 is 4.90 Å². The third-order valence-electron chi connectivity index (χ3n) is 4.04. The Morgan fingerprint density at radius 1 is 0.857 bits per heavy atom. The maximum Gasteiger partial charge on any atom is 0.0113 e. The molecule has 0 unspecified atom stereocenters. The van der Waals surface area contributed by atoms with Gasteiger partial charge in [-0.15, -0.1) is 0 Å². The van der Waals surface area contributed by atoms with Crippen LogP contribution in [0.3, 0.4) is 0 Å².